The van der Waals surface area contributed by atoms with Crippen molar-refractivity contribution >= 4 is 29.8 Å². The SMILES string of the molecule is C.C.C.C.C.C.C.C.CC1C2CC(C(=O)OC(C)(C)C)C(C2)C1C1C2CC(C(=O)OCC3CO3)C(C2)C1C1C2CCC(C2)C1C1C(=O)OC(=O)C1CCC(C)(C)C(=O)OC(C)(C)C. The average molecular weight is 895 g/mol. The van der Waals surface area contributed by atoms with Gasteiger partial charge in [-0.25, -0.2) is 0 Å². The molecular weight excluding hydrogens is 797 g/mol. The first kappa shape index (κ1) is 60.5. The van der Waals surface area contributed by atoms with E-state index in [2.05, 4.69) is 6.92 Å². The lowest BCUT2D eigenvalue weighted by molar-refractivity contribution is -0.167. The van der Waals surface area contributed by atoms with Crippen molar-refractivity contribution in [2.75, 3.05) is 13.2 Å². The molecule has 63 heavy (non-hydrogen) atoms. The highest BCUT2D eigenvalue weighted by Crippen LogP contribution is 2.72. The number of hydrogen-bond donors (Lipinski definition) is 0. The molecule has 10 nitrogen and oxygen atoms in total. The number of carbonyl (C=O) groups excluding carboxylic acids is 5. The summed E-state index contributed by atoms with van der Waals surface area (Å²) >= 11 is 0. The van der Waals surface area contributed by atoms with Crippen LogP contribution in [0.15, 0.2) is 0 Å². The Bertz CT molecular complexity index is 1570. The molecule has 0 aromatic heterocycles. The summed E-state index contributed by atoms with van der Waals surface area (Å²) in [6.07, 6.45) is 7.65. The lowest BCUT2D eigenvalue weighted by atomic mass is 9.53. The molecule has 8 aliphatic rings. The van der Waals surface area contributed by atoms with Gasteiger partial charge in [-0.2, -0.15) is 0 Å². The van der Waals surface area contributed by atoms with Gasteiger partial charge >= 0.3 is 29.8 Å². The molecule has 370 valence electrons. The maximum Gasteiger partial charge on any atom is 0.317 e. The first-order valence-electron chi connectivity index (χ1n) is 21.7. The van der Waals surface area contributed by atoms with E-state index in [1.807, 2.05) is 55.4 Å². The van der Waals surface area contributed by atoms with Crippen LogP contribution in [0.2, 0.25) is 0 Å². The van der Waals surface area contributed by atoms with Gasteiger partial charge in [-0.3, -0.25) is 24.0 Å². The minimum Gasteiger partial charge on any atom is -0.463 e. The molecule has 2 heterocycles. The quantitative estimate of drug-likeness (QED) is 0.0853. The van der Waals surface area contributed by atoms with Crippen molar-refractivity contribution in [1.29, 1.82) is 0 Å². The van der Waals surface area contributed by atoms with Gasteiger partial charge in [0.2, 0.25) is 0 Å². The minimum absolute atomic E-state index is 0. The van der Waals surface area contributed by atoms with Crippen molar-refractivity contribution < 1.29 is 47.7 Å². The molecule has 0 aromatic carbocycles. The zero-order valence-corrected chi connectivity index (χ0v) is 34.7. The Morgan fingerprint density at radius 3 is 1.67 bits per heavy atom. The number of ether oxygens (including phenoxy) is 5. The van der Waals surface area contributed by atoms with Gasteiger partial charge in [0.1, 0.15) is 23.9 Å². The number of hydrogen-bond acceptors (Lipinski definition) is 10. The molecule has 8 fully saturated rings. The van der Waals surface area contributed by atoms with Gasteiger partial charge in [-0.05, 0) is 184 Å². The summed E-state index contributed by atoms with van der Waals surface area (Å²) in [4.78, 5) is 68.5. The van der Waals surface area contributed by atoms with Gasteiger partial charge in [0.25, 0.3) is 0 Å². The van der Waals surface area contributed by atoms with Crippen molar-refractivity contribution in [3.8, 4) is 0 Å². The van der Waals surface area contributed by atoms with E-state index in [1.54, 1.807) is 0 Å². The lowest BCUT2D eigenvalue weighted by Gasteiger charge is -2.50. The smallest absolute Gasteiger partial charge is 0.317 e. The van der Waals surface area contributed by atoms with Gasteiger partial charge in [0.15, 0.2) is 0 Å². The summed E-state index contributed by atoms with van der Waals surface area (Å²) in [6.45, 7) is 18.4. The minimum atomic E-state index is -0.838. The lowest BCUT2D eigenvalue weighted by Crippen LogP contribution is -2.49. The molecule has 2 aliphatic heterocycles. The largest absolute Gasteiger partial charge is 0.463 e. The van der Waals surface area contributed by atoms with Gasteiger partial charge < -0.3 is 23.7 Å². The summed E-state index contributed by atoms with van der Waals surface area (Å²) in [5.41, 5.74) is -2.02. The van der Waals surface area contributed by atoms with Crippen LogP contribution in [0.4, 0.5) is 0 Å². The third kappa shape index (κ3) is 11.2. The molecule has 17 atom stereocenters. The average Bonchev–Trinajstić information content (AvgIpc) is 3.69. The van der Waals surface area contributed by atoms with E-state index in [4.69, 9.17) is 23.7 Å². The van der Waals surface area contributed by atoms with Crippen molar-refractivity contribution in [1.82, 2.24) is 0 Å². The van der Waals surface area contributed by atoms with Gasteiger partial charge in [0.05, 0.1) is 35.7 Å². The monoisotopic (exact) mass is 895 g/mol. The predicted octanol–water partition coefficient (Wildman–Crippen LogP) is 12.3. The van der Waals surface area contributed by atoms with E-state index in [0.717, 1.165) is 44.9 Å². The molecule has 2 saturated heterocycles. The molecule has 6 saturated carbocycles. The fourth-order valence-electron chi connectivity index (χ4n) is 14.0. The number of rotatable bonds is 11. The molecule has 0 aromatic rings. The molecule has 0 amide bonds. The maximum absolute atomic E-state index is 14.0. The normalized spacial score (nSPS) is 38.7. The van der Waals surface area contributed by atoms with E-state index in [-0.39, 0.29) is 125 Å². The fourth-order valence-corrected chi connectivity index (χ4v) is 14.0. The number of fused-ring (bicyclic) bond motifs is 6. The second kappa shape index (κ2) is 21.4. The Morgan fingerprint density at radius 1 is 0.603 bits per heavy atom. The van der Waals surface area contributed by atoms with Crippen LogP contribution in [0.3, 0.4) is 0 Å². The number of cyclic esters (lactones) is 2. The Kier molecular flexibility index (Phi) is 20.6. The van der Waals surface area contributed by atoms with E-state index in [1.165, 1.54) is 0 Å². The summed E-state index contributed by atoms with van der Waals surface area (Å²) in [7, 11) is 0. The second-order valence-electron chi connectivity index (χ2n) is 22.0. The number of esters is 5. The summed E-state index contributed by atoms with van der Waals surface area (Å²) in [6, 6.07) is 0. The first-order valence-corrected chi connectivity index (χ1v) is 21.7. The molecule has 8 rings (SSSR count). The van der Waals surface area contributed by atoms with Crippen LogP contribution >= 0.6 is 0 Å². The number of carbonyl (C=O) groups is 5. The Hall–Kier alpha value is -2.49. The van der Waals surface area contributed by atoms with Crippen LogP contribution in [0.25, 0.3) is 0 Å². The molecule has 6 aliphatic carbocycles. The second-order valence-corrected chi connectivity index (χ2v) is 22.0. The Balaban J connectivity index is 0.00000480. The molecule has 10 heteroatoms. The third-order valence-corrected chi connectivity index (χ3v) is 16.0. The molecule has 0 spiro atoms. The summed E-state index contributed by atoms with van der Waals surface area (Å²) in [5.74, 6) is 0.568. The highest BCUT2D eigenvalue weighted by atomic mass is 16.6. The summed E-state index contributed by atoms with van der Waals surface area (Å²) in [5, 5.41) is 0. The molecular formula is C53H98O10. The van der Waals surface area contributed by atoms with Crippen LogP contribution in [-0.2, 0) is 47.7 Å². The van der Waals surface area contributed by atoms with Crippen molar-refractivity contribution in [2.24, 2.45) is 100 Å². The highest BCUT2D eigenvalue weighted by Gasteiger charge is 2.69. The van der Waals surface area contributed by atoms with Crippen LogP contribution in [0.1, 0.15) is 180 Å². The van der Waals surface area contributed by atoms with E-state index >= 15 is 0 Å². The fraction of sp³-hybridized carbons (Fsp3) is 0.906. The first-order chi connectivity index (χ1) is 25.7. The highest BCUT2D eigenvalue weighted by molar-refractivity contribution is 5.96. The van der Waals surface area contributed by atoms with Crippen LogP contribution in [0.5, 0.6) is 0 Å². The molecule has 0 N–H and O–H groups in total. The topological polar surface area (TPSA) is 135 Å². The zero-order valence-electron chi connectivity index (χ0n) is 34.7. The zero-order chi connectivity index (χ0) is 39.5. The van der Waals surface area contributed by atoms with E-state index < -0.39 is 40.4 Å². The van der Waals surface area contributed by atoms with Crippen molar-refractivity contribution in [3.63, 3.8) is 0 Å². The summed E-state index contributed by atoms with van der Waals surface area (Å²) < 4.78 is 28.6. The number of epoxide rings is 1. The van der Waals surface area contributed by atoms with Gasteiger partial charge in [-0.1, -0.05) is 66.3 Å². The maximum atomic E-state index is 14.0. The Labute approximate surface area is 386 Å². The van der Waals surface area contributed by atoms with Crippen LogP contribution in [-0.4, -0.2) is 60.4 Å². The molecule has 0 radical (unpaired) electrons. The van der Waals surface area contributed by atoms with E-state index in [0.29, 0.717) is 67.5 Å². The van der Waals surface area contributed by atoms with Gasteiger partial charge in [0, 0.05) is 0 Å². The predicted molar refractivity (Wildman–Crippen MR) is 254 cm³/mol. The van der Waals surface area contributed by atoms with Crippen LogP contribution in [0, 0.1) is 100 Å². The molecule has 6 bridgehead atoms. The standard InChI is InChI=1S/C45H66O10.8CH4/c1-21-24-15-28(31(16-24)40(48)54-43(2,3)4)32(21)35-25-17-29(30(18-25)38(46)52-20-26-19-51-26)36(35)33-22-10-11-23(14-22)34(33)37-27(39(47)53-41(37)49)12-13-45(8,9)42(50)55-44(5,6)7;;;;;;;;/h21-37H,10-20H2,1-9H3;8*1H4. The Morgan fingerprint density at radius 2 is 1.11 bits per heavy atom. The van der Waals surface area contributed by atoms with Gasteiger partial charge in [-0.15, -0.1) is 0 Å². The third-order valence-electron chi connectivity index (χ3n) is 16.0. The van der Waals surface area contributed by atoms with Crippen molar-refractivity contribution in [3.05, 3.63) is 0 Å². The van der Waals surface area contributed by atoms with E-state index in [9.17, 15) is 24.0 Å². The molecule has 17 unspecified atom stereocenters. The van der Waals surface area contributed by atoms with Crippen molar-refractivity contribution in [2.45, 2.75) is 197 Å². The van der Waals surface area contributed by atoms with Crippen LogP contribution < -0.4 is 0 Å².